The van der Waals surface area contributed by atoms with Crippen LogP contribution in [0.15, 0.2) is 18.2 Å². The van der Waals surface area contributed by atoms with Gasteiger partial charge in [0, 0.05) is 5.56 Å². The lowest BCUT2D eigenvalue weighted by Crippen LogP contribution is -2.30. The zero-order chi connectivity index (χ0) is 10.7. The van der Waals surface area contributed by atoms with E-state index >= 15 is 0 Å². The zero-order valence-electron chi connectivity index (χ0n) is 8.79. The van der Waals surface area contributed by atoms with Crippen molar-refractivity contribution in [3.63, 3.8) is 0 Å². The number of amides is 1. The van der Waals surface area contributed by atoms with Crippen LogP contribution in [0.1, 0.15) is 41.3 Å². The van der Waals surface area contributed by atoms with Gasteiger partial charge in [-0.2, -0.15) is 0 Å². The Kier molecular flexibility index (Phi) is 3.25. The summed E-state index contributed by atoms with van der Waals surface area (Å²) in [5.41, 5.74) is 4.99. The lowest BCUT2D eigenvalue weighted by molar-refractivity contribution is 0.0953. The monoisotopic (exact) mass is 192 g/mol. The fourth-order valence-corrected chi connectivity index (χ4v) is 1.60. The van der Waals surface area contributed by atoms with Crippen LogP contribution in [-0.2, 0) is 0 Å². The molecule has 1 amide bonds. The molecular weight excluding hydrogens is 176 g/mol. The summed E-state index contributed by atoms with van der Waals surface area (Å²) in [6.07, 6.45) is 0. The number of hydrogen-bond acceptors (Lipinski definition) is 2. The first-order chi connectivity index (χ1) is 6.57. The maximum absolute atomic E-state index is 11.4. The number of rotatable bonds is 2. The Morgan fingerprint density at radius 1 is 1.43 bits per heavy atom. The molecule has 0 spiro atoms. The highest BCUT2D eigenvalue weighted by atomic mass is 16.2. The van der Waals surface area contributed by atoms with Crippen molar-refractivity contribution in [3.05, 3.63) is 34.9 Å². The fourth-order valence-electron chi connectivity index (χ4n) is 1.60. The Morgan fingerprint density at radius 3 is 2.57 bits per heavy atom. The van der Waals surface area contributed by atoms with Crippen LogP contribution in [0.25, 0.3) is 0 Å². The van der Waals surface area contributed by atoms with Gasteiger partial charge in [0.15, 0.2) is 0 Å². The molecule has 3 nitrogen and oxygen atoms in total. The summed E-state index contributed by atoms with van der Waals surface area (Å²) < 4.78 is 0. The van der Waals surface area contributed by atoms with Gasteiger partial charge >= 0.3 is 0 Å². The van der Waals surface area contributed by atoms with Crippen molar-refractivity contribution in [2.24, 2.45) is 5.84 Å². The van der Waals surface area contributed by atoms with Crippen molar-refractivity contribution in [3.8, 4) is 0 Å². The van der Waals surface area contributed by atoms with E-state index in [1.54, 1.807) is 6.07 Å². The third-order valence-corrected chi connectivity index (χ3v) is 2.37. The van der Waals surface area contributed by atoms with Gasteiger partial charge in [-0.1, -0.05) is 26.0 Å². The van der Waals surface area contributed by atoms with E-state index in [1.165, 1.54) is 5.56 Å². The van der Waals surface area contributed by atoms with Crippen molar-refractivity contribution < 1.29 is 4.79 Å². The summed E-state index contributed by atoms with van der Waals surface area (Å²) in [5, 5.41) is 0. The van der Waals surface area contributed by atoms with E-state index in [1.807, 2.05) is 19.1 Å². The van der Waals surface area contributed by atoms with Gasteiger partial charge in [0.05, 0.1) is 0 Å². The number of carbonyl (C=O) groups excluding carboxylic acids is 1. The molecule has 0 heterocycles. The second-order valence-corrected chi connectivity index (χ2v) is 3.65. The zero-order valence-corrected chi connectivity index (χ0v) is 8.79. The van der Waals surface area contributed by atoms with Gasteiger partial charge in [0.2, 0.25) is 0 Å². The topological polar surface area (TPSA) is 55.1 Å². The molecule has 0 fully saturated rings. The van der Waals surface area contributed by atoms with Gasteiger partial charge in [-0.05, 0) is 30.0 Å². The third-order valence-electron chi connectivity index (χ3n) is 2.37. The molecule has 0 aliphatic heterocycles. The molecule has 3 heteroatoms. The molecule has 0 bridgehead atoms. The Hall–Kier alpha value is -1.35. The van der Waals surface area contributed by atoms with Crippen LogP contribution in [0.4, 0.5) is 0 Å². The predicted molar refractivity (Wildman–Crippen MR) is 56.9 cm³/mol. The summed E-state index contributed by atoms with van der Waals surface area (Å²) in [7, 11) is 0. The van der Waals surface area contributed by atoms with Gasteiger partial charge in [0.25, 0.3) is 5.91 Å². The number of nitrogens with one attached hydrogen (secondary N) is 1. The minimum absolute atomic E-state index is 0.231. The van der Waals surface area contributed by atoms with E-state index < -0.39 is 0 Å². The first-order valence-electron chi connectivity index (χ1n) is 4.68. The molecule has 3 N–H and O–H groups in total. The molecule has 1 aromatic carbocycles. The number of nitrogens with two attached hydrogens (primary N) is 1. The lowest BCUT2D eigenvalue weighted by atomic mass is 9.94. The predicted octanol–water partition coefficient (Wildman–Crippen LogP) is 1.72. The normalized spacial score (nSPS) is 10.4. The van der Waals surface area contributed by atoms with E-state index in [0.717, 1.165) is 5.56 Å². The Balaban J connectivity index is 3.20. The number of benzene rings is 1. The average Bonchev–Trinajstić information content (AvgIpc) is 2.16. The molecule has 0 saturated heterocycles. The summed E-state index contributed by atoms with van der Waals surface area (Å²) in [4.78, 5) is 11.4. The largest absolute Gasteiger partial charge is 0.290 e. The molecule has 14 heavy (non-hydrogen) atoms. The first-order valence-corrected chi connectivity index (χ1v) is 4.68. The first kappa shape index (κ1) is 10.7. The van der Waals surface area contributed by atoms with Crippen LogP contribution < -0.4 is 11.3 Å². The van der Waals surface area contributed by atoms with Crippen molar-refractivity contribution in [1.29, 1.82) is 0 Å². The Morgan fingerprint density at radius 2 is 2.07 bits per heavy atom. The maximum atomic E-state index is 11.4. The molecule has 76 valence electrons. The molecule has 0 radical (unpaired) electrons. The minimum Gasteiger partial charge on any atom is -0.290 e. The SMILES string of the molecule is Cc1c(C(=O)NN)cccc1C(C)C. The fraction of sp³-hybridized carbons (Fsp3) is 0.364. The maximum Gasteiger partial charge on any atom is 0.265 e. The van der Waals surface area contributed by atoms with Crippen LogP contribution in [0, 0.1) is 6.92 Å². The van der Waals surface area contributed by atoms with Crippen molar-refractivity contribution in [2.45, 2.75) is 26.7 Å². The van der Waals surface area contributed by atoms with Crippen LogP contribution >= 0.6 is 0 Å². The van der Waals surface area contributed by atoms with E-state index in [0.29, 0.717) is 11.5 Å². The van der Waals surface area contributed by atoms with Crippen LogP contribution in [-0.4, -0.2) is 5.91 Å². The molecule has 0 unspecified atom stereocenters. The highest BCUT2D eigenvalue weighted by Gasteiger charge is 2.11. The van der Waals surface area contributed by atoms with Crippen LogP contribution in [0.2, 0.25) is 0 Å². The number of carbonyl (C=O) groups is 1. The average molecular weight is 192 g/mol. The summed E-state index contributed by atoms with van der Waals surface area (Å²) in [5.74, 6) is 5.29. The molecule has 1 rings (SSSR count). The molecule has 0 aromatic heterocycles. The number of hydrazine groups is 1. The van der Waals surface area contributed by atoms with Gasteiger partial charge in [-0.3, -0.25) is 10.2 Å². The van der Waals surface area contributed by atoms with Crippen molar-refractivity contribution in [1.82, 2.24) is 5.43 Å². The second-order valence-electron chi connectivity index (χ2n) is 3.65. The number of nitrogen functional groups attached to an aromatic ring is 1. The molecule has 0 saturated carbocycles. The van der Waals surface area contributed by atoms with Crippen molar-refractivity contribution in [2.75, 3.05) is 0 Å². The lowest BCUT2D eigenvalue weighted by Gasteiger charge is -2.12. The third kappa shape index (κ3) is 1.93. The number of hydrogen-bond donors (Lipinski definition) is 2. The molecule has 0 aliphatic carbocycles. The molecule has 0 aliphatic rings. The molecule has 0 atom stereocenters. The summed E-state index contributed by atoms with van der Waals surface area (Å²) in [6.45, 7) is 6.15. The van der Waals surface area contributed by atoms with E-state index in [2.05, 4.69) is 19.3 Å². The second kappa shape index (κ2) is 4.24. The highest BCUT2D eigenvalue weighted by Crippen LogP contribution is 2.21. The highest BCUT2D eigenvalue weighted by molar-refractivity contribution is 5.95. The quantitative estimate of drug-likeness (QED) is 0.426. The van der Waals surface area contributed by atoms with Gasteiger partial charge in [0.1, 0.15) is 0 Å². The van der Waals surface area contributed by atoms with Crippen molar-refractivity contribution >= 4 is 5.91 Å². The van der Waals surface area contributed by atoms with Gasteiger partial charge < -0.3 is 0 Å². The minimum atomic E-state index is -0.231. The van der Waals surface area contributed by atoms with Gasteiger partial charge in [-0.15, -0.1) is 0 Å². The van der Waals surface area contributed by atoms with Crippen LogP contribution in [0.3, 0.4) is 0 Å². The summed E-state index contributed by atoms with van der Waals surface area (Å²) in [6, 6.07) is 5.70. The smallest absolute Gasteiger partial charge is 0.265 e. The standard InChI is InChI=1S/C11H16N2O/c1-7(2)9-5-4-6-10(8(9)3)11(14)13-12/h4-7H,12H2,1-3H3,(H,13,14). The van der Waals surface area contributed by atoms with Crippen LogP contribution in [0.5, 0.6) is 0 Å². The van der Waals surface area contributed by atoms with Gasteiger partial charge in [-0.25, -0.2) is 5.84 Å². The van der Waals surface area contributed by atoms with E-state index in [9.17, 15) is 4.79 Å². The Bertz CT molecular complexity index is 345. The Labute approximate surface area is 84.3 Å². The molecule has 1 aromatic rings. The van der Waals surface area contributed by atoms with E-state index in [-0.39, 0.29) is 5.91 Å². The summed E-state index contributed by atoms with van der Waals surface area (Å²) >= 11 is 0. The van der Waals surface area contributed by atoms with E-state index in [4.69, 9.17) is 5.84 Å². The molecular formula is C11H16N2O.